The highest BCUT2D eigenvalue weighted by atomic mass is 16.5. The predicted octanol–water partition coefficient (Wildman–Crippen LogP) is 2.60. The summed E-state index contributed by atoms with van der Waals surface area (Å²) in [5.41, 5.74) is 2.11. The van der Waals surface area contributed by atoms with Gasteiger partial charge in [0, 0.05) is 51.9 Å². The molecule has 1 aromatic heterocycles. The van der Waals surface area contributed by atoms with E-state index < -0.39 is 6.10 Å². The fourth-order valence-corrected chi connectivity index (χ4v) is 4.56. The van der Waals surface area contributed by atoms with Crippen LogP contribution in [0.15, 0.2) is 53.3 Å². The summed E-state index contributed by atoms with van der Waals surface area (Å²) in [6, 6.07) is 12.1. The zero-order valence-corrected chi connectivity index (χ0v) is 17.4. The van der Waals surface area contributed by atoms with E-state index in [4.69, 9.17) is 9.15 Å². The number of morpholine rings is 1. The molecular formula is C23H31N3O3. The molecule has 0 aliphatic carbocycles. The van der Waals surface area contributed by atoms with Gasteiger partial charge in [0.1, 0.15) is 6.10 Å². The highest BCUT2D eigenvalue weighted by Crippen LogP contribution is 2.33. The summed E-state index contributed by atoms with van der Waals surface area (Å²) in [5.74, 6) is 0.0700. The Morgan fingerprint density at radius 2 is 1.93 bits per heavy atom. The third-order valence-corrected chi connectivity index (χ3v) is 6.10. The number of likely N-dealkylation sites (N-methyl/N-ethyl adjacent to an activating group) is 2. The fourth-order valence-electron chi connectivity index (χ4n) is 4.56. The first kappa shape index (κ1) is 20.1. The summed E-state index contributed by atoms with van der Waals surface area (Å²) in [5, 5.41) is 0. The van der Waals surface area contributed by atoms with E-state index in [1.54, 1.807) is 11.2 Å². The van der Waals surface area contributed by atoms with Crippen molar-refractivity contribution in [3.8, 4) is 0 Å². The molecule has 0 N–H and O–H groups in total. The average molecular weight is 398 g/mol. The SMILES string of the molecule is CN1C[C@H](C(=O)N(C)Cc2ccccc2)OC2(CCN(Cc3ccoc3)CC2)C1. The Hall–Kier alpha value is -2.15. The molecule has 0 bridgehead atoms. The second kappa shape index (κ2) is 8.69. The maximum atomic E-state index is 13.1. The van der Waals surface area contributed by atoms with Crippen LogP contribution in [0.5, 0.6) is 0 Å². The van der Waals surface area contributed by atoms with Crippen molar-refractivity contribution in [2.75, 3.05) is 40.3 Å². The number of hydrogen-bond donors (Lipinski definition) is 0. The van der Waals surface area contributed by atoms with Gasteiger partial charge in [0.25, 0.3) is 5.91 Å². The highest BCUT2D eigenvalue weighted by molar-refractivity contribution is 5.81. The minimum Gasteiger partial charge on any atom is -0.472 e. The maximum Gasteiger partial charge on any atom is 0.253 e. The molecule has 2 aliphatic heterocycles. The van der Waals surface area contributed by atoms with Crippen LogP contribution in [-0.4, -0.2) is 72.6 Å². The third kappa shape index (κ3) is 4.89. The van der Waals surface area contributed by atoms with Crippen molar-refractivity contribution in [1.29, 1.82) is 0 Å². The van der Waals surface area contributed by atoms with Gasteiger partial charge in [-0.1, -0.05) is 30.3 Å². The number of furan rings is 1. The molecule has 4 rings (SSSR count). The molecule has 1 spiro atoms. The number of rotatable bonds is 5. The van der Waals surface area contributed by atoms with E-state index in [1.165, 1.54) is 5.56 Å². The molecule has 3 heterocycles. The van der Waals surface area contributed by atoms with Crippen molar-refractivity contribution in [3.05, 3.63) is 60.1 Å². The fraction of sp³-hybridized carbons (Fsp3) is 0.522. The Morgan fingerprint density at radius 3 is 2.62 bits per heavy atom. The lowest BCUT2D eigenvalue weighted by Crippen LogP contribution is -2.61. The van der Waals surface area contributed by atoms with Crippen LogP contribution in [-0.2, 0) is 22.6 Å². The van der Waals surface area contributed by atoms with Crippen LogP contribution in [0.3, 0.4) is 0 Å². The first-order valence-corrected chi connectivity index (χ1v) is 10.4. The van der Waals surface area contributed by atoms with E-state index >= 15 is 0 Å². The van der Waals surface area contributed by atoms with Gasteiger partial charge < -0.3 is 19.0 Å². The van der Waals surface area contributed by atoms with Gasteiger partial charge in [-0.05, 0) is 31.5 Å². The zero-order chi connectivity index (χ0) is 20.3. The normalized spacial score (nSPS) is 22.6. The molecule has 2 fully saturated rings. The quantitative estimate of drug-likeness (QED) is 0.776. The molecule has 29 heavy (non-hydrogen) atoms. The van der Waals surface area contributed by atoms with E-state index in [0.717, 1.165) is 44.6 Å². The minimum atomic E-state index is -0.400. The summed E-state index contributed by atoms with van der Waals surface area (Å²) < 4.78 is 11.7. The van der Waals surface area contributed by atoms with Crippen molar-refractivity contribution >= 4 is 5.91 Å². The number of piperidine rings is 1. The number of amides is 1. The van der Waals surface area contributed by atoms with Crippen LogP contribution in [0.2, 0.25) is 0 Å². The average Bonchev–Trinajstić information content (AvgIpc) is 3.23. The van der Waals surface area contributed by atoms with Crippen molar-refractivity contribution < 1.29 is 13.9 Å². The predicted molar refractivity (Wildman–Crippen MR) is 111 cm³/mol. The molecule has 6 heteroatoms. The summed E-state index contributed by atoms with van der Waals surface area (Å²) in [7, 11) is 3.97. The largest absolute Gasteiger partial charge is 0.472 e. The topological polar surface area (TPSA) is 49.2 Å². The van der Waals surface area contributed by atoms with Gasteiger partial charge >= 0.3 is 0 Å². The molecule has 0 saturated carbocycles. The molecule has 1 aromatic carbocycles. The van der Waals surface area contributed by atoms with Gasteiger partial charge in [0.2, 0.25) is 0 Å². The minimum absolute atomic E-state index is 0.0700. The third-order valence-electron chi connectivity index (χ3n) is 6.10. The standard InChI is InChI=1S/C23H31N3O3/c1-24-16-21(22(27)25(2)14-19-6-4-3-5-7-19)29-23(18-24)9-11-26(12-10-23)15-20-8-13-28-17-20/h3-8,13,17,21H,9-12,14-16,18H2,1-2H3/t21-/m1/s1. The van der Waals surface area contributed by atoms with Crippen molar-refractivity contribution in [2.24, 2.45) is 0 Å². The van der Waals surface area contributed by atoms with Gasteiger partial charge in [0.05, 0.1) is 18.1 Å². The zero-order valence-electron chi connectivity index (χ0n) is 17.4. The Balaban J connectivity index is 1.36. The number of benzene rings is 1. The van der Waals surface area contributed by atoms with Crippen molar-refractivity contribution in [2.45, 2.75) is 37.6 Å². The van der Waals surface area contributed by atoms with E-state index in [1.807, 2.05) is 37.6 Å². The first-order valence-electron chi connectivity index (χ1n) is 10.4. The molecule has 1 amide bonds. The van der Waals surface area contributed by atoms with E-state index in [-0.39, 0.29) is 11.5 Å². The van der Waals surface area contributed by atoms with Gasteiger partial charge in [-0.3, -0.25) is 9.69 Å². The number of hydrogen-bond acceptors (Lipinski definition) is 5. The molecule has 1 atom stereocenters. The van der Waals surface area contributed by atoms with Crippen LogP contribution in [0.25, 0.3) is 0 Å². The molecule has 2 aliphatic rings. The summed E-state index contributed by atoms with van der Waals surface area (Å²) >= 11 is 0. The maximum absolute atomic E-state index is 13.1. The summed E-state index contributed by atoms with van der Waals surface area (Å²) in [6.45, 7) is 5.00. The van der Waals surface area contributed by atoms with Crippen LogP contribution >= 0.6 is 0 Å². The Labute approximate surface area is 173 Å². The lowest BCUT2D eigenvalue weighted by atomic mass is 9.88. The highest BCUT2D eigenvalue weighted by Gasteiger charge is 2.44. The monoisotopic (exact) mass is 397 g/mol. The van der Waals surface area contributed by atoms with Gasteiger partial charge in [-0.25, -0.2) is 0 Å². The molecule has 2 aromatic rings. The Bertz CT molecular complexity index is 785. The van der Waals surface area contributed by atoms with Crippen molar-refractivity contribution in [3.63, 3.8) is 0 Å². The second-order valence-electron chi connectivity index (χ2n) is 8.57. The second-order valence-corrected chi connectivity index (χ2v) is 8.57. The molecule has 156 valence electrons. The first-order chi connectivity index (χ1) is 14.0. The lowest BCUT2D eigenvalue weighted by molar-refractivity contribution is -0.188. The molecular weight excluding hydrogens is 366 g/mol. The number of ether oxygens (including phenoxy) is 1. The number of carbonyl (C=O) groups is 1. The smallest absolute Gasteiger partial charge is 0.253 e. The summed E-state index contributed by atoms with van der Waals surface area (Å²) in [4.78, 5) is 19.6. The van der Waals surface area contributed by atoms with Crippen LogP contribution in [0.1, 0.15) is 24.0 Å². The molecule has 2 saturated heterocycles. The Kier molecular flexibility index (Phi) is 6.04. The van der Waals surface area contributed by atoms with Crippen LogP contribution < -0.4 is 0 Å². The van der Waals surface area contributed by atoms with Gasteiger partial charge in [-0.2, -0.15) is 0 Å². The summed E-state index contributed by atoms with van der Waals surface area (Å²) in [6.07, 6.45) is 5.03. The van der Waals surface area contributed by atoms with Gasteiger partial charge in [-0.15, -0.1) is 0 Å². The van der Waals surface area contributed by atoms with Crippen molar-refractivity contribution in [1.82, 2.24) is 14.7 Å². The lowest BCUT2D eigenvalue weighted by Gasteiger charge is -2.49. The molecule has 0 unspecified atom stereocenters. The molecule has 0 radical (unpaired) electrons. The Morgan fingerprint density at radius 1 is 1.17 bits per heavy atom. The van der Waals surface area contributed by atoms with Crippen LogP contribution in [0, 0.1) is 0 Å². The number of likely N-dealkylation sites (tertiary alicyclic amines) is 1. The van der Waals surface area contributed by atoms with E-state index in [9.17, 15) is 4.79 Å². The van der Waals surface area contributed by atoms with Crippen LogP contribution in [0.4, 0.5) is 0 Å². The van der Waals surface area contributed by atoms with E-state index in [0.29, 0.717) is 13.1 Å². The van der Waals surface area contributed by atoms with E-state index in [2.05, 4.69) is 29.0 Å². The number of carbonyl (C=O) groups excluding carboxylic acids is 1. The number of nitrogens with zero attached hydrogens (tertiary/aromatic N) is 3. The van der Waals surface area contributed by atoms with Gasteiger partial charge in [0.15, 0.2) is 0 Å². The molecule has 6 nitrogen and oxygen atoms in total.